The molecule has 1 aliphatic carbocycles. The minimum atomic E-state index is -0.261. The molecule has 0 fully saturated rings. The maximum atomic E-state index is 12.1. The number of esters is 1. The number of hydrogen-bond acceptors (Lipinski definition) is 4. The smallest absolute Gasteiger partial charge is 0.333 e. The Hall–Kier alpha value is -0.870. The van der Waals surface area contributed by atoms with Crippen molar-refractivity contribution in [2.75, 3.05) is 6.61 Å². The third-order valence-electron chi connectivity index (χ3n) is 4.43. The molecule has 4 nitrogen and oxygen atoms in total. The monoisotopic (exact) mass is 311 g/mol. The second kappa shape index (κ2) is 8.11. The molecule has 0 aromatic rings. The average molecular weight is 311 g/mol. The van der Waals surface area contributed by atoms with Gasteiger partial charge < -0.3 is 15.2 Å². The molecule has 0 saturated carbocycles. The number of carbonyl (C=O) groups is 1. The van der Waals surface area contributed by atoms with E-state index in [2.05, 4.69) is 34.6 Å². The standard InChI is InChI=1S/C18H33NO3/c1-7-13(8-2)22-15-11-12(17(20)21-9-3)10-14(19)16(15)18(4,5)6/h11,13-16H,7-10,19H2,1-6H3/t14-,15+,16+/m0/s1. The minimum Gasteiger partial charge on any atom is -0.463 e. The molecule has 128 valence electrons. The van der Waals surface area contributed by atoms with Gasteiger partial charge in [-0.3, -0.25) is 0 Å². The van der Waals surface area contributed by atoms with Crippen LogP contribution in [0.3, 0.4) is 0 Å². The topological polar surface area (TPSA) is 61.5 Å². The lowest BCUT2D eigenvalue weighted by atomic mass is 9.69. The molecule has 1 aliphatic rings. The van der Waals surface area contributed by atoms with Crippen LogP contribution >= 0.6 is 0 Å². The predicted octanol–water partition coefficient (Wildman–Crippen LogP) is 3.44. The van der Waals surface area contributed by atoms with E-state index in [-0.39, 0.29) is 35.6 Å². The molecule has 0 unspecified atom stereocenters. The van der Waals surface area contributed by atoms with E-state index in [1.807, 2.05) is 13.0 Å². The largest absolute Gasteiger partial charge is 0.463 e. The summed E-state index contributed by atoms with van der Waals surface area (Å²) in [6, 6.07) is -0.0937. The average Bonchev–Trinajstić information content (AvgIpc) is 2.42. The Kier molecular flexibility index (Phi) is 7.07. The molecule has 1 rings (SSSR count). The minimum absolute atomic E-state index is 0.0206. The SMILES string of the molecule is CCOC(=O)C1=C[C@@H](OC(CC)CC)[C@H](C(C)(C)C)[C@@H](N)C1. The summed E-state index contributed by atoms with van der Waals surface area (Å²) in [5, 5.41) is 0. The summed E-state index contributed by atoms with van der Waals surface area (Å²) in [4.78, 5) is 12.1. The van der Waals surface area contributed by atoms with Crippen molar-refractivity contribution in [2.24, 2.45) is 17.1 Å². The van der Waals surface area contributed by atoms with Gasteiger partial charge in [0, 0.05) is 17.5 Å². The van der Waals surface area contributed by atoms with Crippen LogP contribution in [0.25, 0.3) is 0 Å². The van der Waals surface area contributed by atoms with Crippen LogP contribution in [-0.2, 0) is 14.3 Å². The van der Waals surface area contributed by atoms with Gasteiger partial charge in [-0.1, -0.05) is 34.6 Å². The van der Waals surface area contributed by atoms with Crippen LogP contribution in [-0.4, -0.2) is 30.8 Å². The summed E-state index contributed by atoms with van der Waals surface area (Å²) in [5.41, 5.74) is 7.09. The van der Waals surface area contributed by atoms with E-state index in [4.69, 9.17) is 15.2 Å². The lowest BCUT2D eigenvalue weighted by molar-refractivity contribution is -0.139. The van der Waals surface area contributed by atoms with E-state index in [0.29, 0.717) is 18.6 Å². The summed E-state index contributed by atoms with van der Waals surface area (Å²) >= 11 is 0. The first-order valence-corrected chi connectivity index (χ1v) is 8.53. The fourth-order valence-corrected chi connectivity index (χ4v) is 3.33. The summed E-state index contributed by atoms with van der Waals surface area (Å²) in [6.07, 6.45) is 4.50. The lowest BCUT2D eigenvalue weighted by Gasteiger charge is -2.43. The molecule has 4 heteroatoms. The Morgan fingerprint density at radius 2 is 1.91 bits per heavy atom. The van der Waals surface area contributed by atoms with E-state index < -0.39 is 0 Å². The molecule has 22 heavy (non-hydrogen) atoms. The van der Waals surface area contributed by atoms with Crippen molar-refractivity contribution in [1.82, 2.24) is 0 Å². The third kappa shape index (κ3) is 4.82. The summed E-state index contributed by atoms with van der Waals surface area (Å²) in [6.45, 7) is 13.0. The zero-order valence-electron chi connectivity index (χ0n) is 15.0. The van der Waals surface area contributed by atoms with Crippen molar-refractivity contribution in [3.63, 3.8) is 0 Å². The number of nitrogens with two attached hydrogens (primary N) is 1. The molecule has 0 amide bonds. The Morgan fingerprint density at radius 1 is 1.32 bits per heavy atom. The first-order chi connectivity index (χ1) is 10.2. The van der Waals surface area contributed by atoms with Gasteiger partial charge in [0.05, 0.1) is 18.8 Å². The number of hydrogen-bond donors (Lipinski definition) is 1. The molecule has 0 heterocycles. The number of rotatable bonds is 6. The number of carbonyl (C=O) groups excluding carboxylic acids is 1. The Morgan fingerprint density at radius 3 is 2.36 bits per heavy atom. The van der Waals surface area contributed by atoms with Crippen LogP contribution in [0.2, 0.25) is 0 Å². The maximum Gasteiger partial charge on any atom is 0.333 e. The highest BCUT2D eigenvalue weighted by atomic mass is 16.5. The van der Waals surface area contributed by atoms with E-state index in [9.17, 15) is 4.79 Å². The third-order valence-corrected chi connectivity index (χ3v) is 4.43. The fourth-order valence-electron chi connectivity index (χ4n) is 3.33. The fraction of sp³-hybridized carbons (Fsp3) is 0.833. The van der Waals surface area contributed by atoms with E-state index in [1.165, 1.54) is 0 Å². The summed E-state index contributed by atoms with van der Waals surface area (Å²) < 4.78 is 11.4. The van der Waals surface area contributed by atoms with Gasteiger partial charge in [0.2, 0.25) is 0 Å². The van der Waals surface area contributed by atoms with Gasteiger partial charge in [-0.2, -0.15) is 0 Å². The van der Waals surface area contributed by atoms with Crippen LogP contribution in [0.5, 0.6) is 0 Å². The van der Waals surface area contributed by atoms with Gasteiger partial charge >= 0.3 is 5.97 Å². The van der Waals surface area contributed by atoms with Gasteiger partial charge in [0.15, 0.2) is 0 Å². The zero-order chi connectivity index (χ0) is 16.9. The molecule has 0 spiro atoms. The molecule has 0 radical (unpaired) electrons. The van der Waals surface area contributed by atoms with E-state index >= 15 is 0 Å². The van der Waals surface area contributed by atoms with Crippen molar-refractivity contribution in [2.45, 2.75) is 79.1 Å². The van der Waals surface area contributed by atoms with Crippen molar-refractivity contribution >= 4 is 5.97 Å². The highest BCUT2D eigenvalue weighted by molar-refractivity contribution is 5.88. The first kappa shape index (κ1) is 19.2. The molecule has 0 aliphatic heterocycles. The van der Waals surface area contributed by atoms with Gasteiger partial charge in [0.25, 0.3) is 0 Å². The lowest BCUT2D eigenvalue weighted by Crippen LogP contribution is -2.50. The first-order valence-electron chi connectivity index (χ1n) is 8.53. The predicted molar refractivity (Wildman–Crippen MR) is 89.5 cm³/mol. The van der Waals surface area contributed by atoms with Gasteiger partial charge in [-0.25, -0.2) is 4.79 Å². The van der Waals surface area contributed by atoms with Gasteiger partial charge in [0.1, 0.15) is 0 Å². The summed E-state index contributed by atoms with van der Waals surface area (Å²) in [7, 11) is 0. The molecule has 2 N–H and O–H groups in total. The maximum absolute atomic E-state index is 12.1. The normalized spacial score (nSPS) is 26.0. The summed E-state index contributed by atoms with van der Waals surface area (Å²) in [5.74, 6) is -0.0743. The van der Waals surface area contributed by atoms with E-state index in [1.54, 1.807) is 0 Å². The molecule has 0 aromatic carbocycles. The van der Waals surface area contributed by atoms with Gasteiger partial charge in [-0.15, -0.1) is 0 Å². The van der Waals surface area contributed by atoms with Crippen LogP contribution in [0.15, 0.2) is 11.6 Å². The molecule has 0 bridgehead atoms. The van der Waals surface area contributed by atoms with Crippen molar-refractivity contribution in [3.8, 4) is 0 Å². The Labute approximate surface area is 135 Å². The second-order valence-electron chi connectivity index (χ2n) is 7.21. The molecular weight excluding hydrogens is 278 g/mol. The molecule has 3 atom stereocenters. The van der Waals surface area contributed by atoms with Crippen molar-refractivity contribution in [3.05, 3.63) is 11.6 Å². The Balaban J connectivity index is 3.07. The highest BCUT2D eigenvalue weighted by Gasteiger charge is 2.41. The Bertz CT molecular complexity index is 394. The highest BCUT2D eigenvalue weighted by Crippen LogP contribution is 2.39. The second-order valence-corrected chi connectivity index (χ2v) is 7.21. The van der Waals surface area contributed by atoms with Crippen molar-refractivity contribution in [1.29, 1.82) is 0 Å². The quantitative estimate of drug-likeness (QED) is 0.763. The van der Waals surface area contributed by atoms with Crippen LogP contribution in [0, 0.1) is 11.3 Å². The van der Waals surface area contributed by atoms with Gasteiger partial charge in [-0.05, 0) is 37.7 Å². The van der Waals surface area contributed by atoms with Crippen molar-refractivity contribution < 1.29 is 14.3 Å². The zero-order valence-corrected chi connectivity index (χ0v) is 15.0. The molecular formula is C18H33NO3. The van der Waals surface area contributed by atoms with Crippen LogP contribution < -0.4 is 5.73 Å². The van der Waals surface area contributed by atoms with E-state index in [0.717, 1.165) is 12.8 Å². The molecule has 0 saturated heterocycles. The van der Waals surface area contributed by atoms with Crippen LogP contribution in [0.1, 0.15) is 60.8 Å². The van der Waals surface area contributed by atoms with Crippen LogP contribution in [0.4, 0.5) is 0 Å². The molecule has 0 aromatic heterocycles. The number of ether oxygens (including phenoxy) is 2.